The van der Waals surface area contributed by atoms with Crippen molar-refractivity contribution in [1.29, 1.82) is 0 Å². The van der Waals surface area contributed by atoms with Crippen LogP contribution in [0.25, 0.3) is 22.0 Å². The summed E-state index contributed by atoms with van der Waals surface area (Å²) in [5.41, 5.74) is 2.92. The average Bonchev–Trinajstić information content (AvgIpc) is 3.55. The fourth-order valence-corrected chi connectivity index (χ4v) is 4.03. The molecule has 0 radical (unpaired) electrons. The number of amides is 1. The van der Waals surface area contributed by atoms with Crippen LogP contribution in [0.5, 0.6) is 5.75 Å². The van der Waals surface area contributed by atoms with Crippen molar-refractivity contribution >= 4 is 35.1 Å². The summed E-state index contributed by atoms with van der Waals surface area (Å²) in [5, 5.41) is 7.62. The molecular formula is C26H24N4O5. The summed E-state index contributed by atoms with van der Waals surface area (Å²) in [6.07, 6.45) is 2.24. The third kappa shape index (κ3) is 4.28. The standard InChI is InChI=1S/C26H24N4O5/c1-26(2,3)35-25(33)30-21-14-17(16-7-9-22-18(13-16)10-12-34-22)6-8-20(21)23(28-30)27-24(32)29-11-4-5-19(29)15-31/h4-9,11,13-15H,10,12H2,1-3H3,(H,27,28,32). The van der Waals surface area contributed by atoms with Crippen LogP contribution >= 0.6 is 0 Å². The van der Waals surface area contributed by atoms with Gasteiger partial charge in [0.2, 0.25) is 0 Å². The lowest BCUT2D eigenvalue weighted by Crippen LogP contribution is -2.28. The molecule has 0 saturated carbocycles. The zero-order chi connectivity index (χ0) is 24.7. The van der Waals surface area contributed by atoms with Gasteiger partial charge in [-0.1, -0.05) is 12.1 Å². The van der Waals surface area contributed by atoms with Gasteiger partial charge in [-0.3, -0.25) is 14.7 Å². The smallest absolute Gasteiger partial charge is 0.435 e. The van der Waals surface area contributed by atoms with Crippen molar-refractivity contribution in [2.45, 2.75) is 32.8 Å². The van der Waals surface area contributed by atoms with E-state index in [0.717, 1.165) is 33.5 Å². The van der Waals surface area contributed by atoms with Gasteiger partial charge in [0.05, 0.1) is 17.8 Å². The number of carbonyl (C=O) groups is 3. The highest BCUT2D eigenvalue weighted by Gasteiger charge is 2.24. The summed E-state index contributed by atoms with van der Waals surface area (Å²) >= 11 is 0. The second kappa shape index (κ2) is 8.43. The van der Waals surface area contributed by atoms with Gasteiger partial charge in [0.1, 0.15) is 11.4 Å². The molecule has 0 bridgehead atoms. The molecule has 0 aliphatic carbocycles. The molecule has 4 aromatic rings. The van der Waals surface area contributed by atoms with Crippen molar-refractivity contribution < 1.29 is 23.9 Å². The van der Waals surface area contributed by atoms with Crippen molar-refractivity contribution in [1.82, 2.24) is 14.3 Å². The number of hydrogen-bond acceptors (Lipinski definition) is 6. The molecule has 0 unspecified atom stereocenters. The van der Waals surface area contributed by atoms with Crippen LogP contribution in [-0.4, -0.2) is 45.0 Å². The van der Waals surface area contributed by atoms with E-state index >= 15 is 0 Å². The third-order valence-corrected chi connectivity index (χ3v) is 5.62. The van der Waals surface area contributed by atoms with E-state index in [2.05, 4.69) is 16.5 Å². The molecule has 1 aliphatic rings. The van der Waals surface area contributed by atoms with Crippen LogP contribution < -0.4 is 10.1 Å². The summed E-state index contributed by atoms with van der Waals surface area (Å²) < 4.78 is 13.5. The lowest BCUT2D eigenvalue weighted by atomic mass is 10.0. The van der Waals surface area contributed by atoms with E-state index in [1.165, 1.54) is 16.8 Å². The maximum Gasteiger partial charge on any atom is 0.435 e. The molecule has 35 heavy (non-hydrogen) atoms. The molecule has 0 atom stereocenters. The largest absolute Gasteiger partial charge is 0.493 e. The van der Waals surface area contributed by atoms with E-state index in [1.54, 1.807) is 32.9 Å². The number of anilines is 1. The molecule has 9 nitrogen and oxygen atoms in total. The predicted octanol–water partition coefficient (Wildman–Crippen LogP) is 5.12. The van der Waals surface area contributed by atoms with Gasteiger partial charge in [0.25, 0.3) is 0 Å². The summed E-state index contributed by atoms with van der Waals surface area (Å²) in [4.78, 5) is 37.1. The average molecular weight is 473 g/mol. The number of benzene rings is 2. The Morgan fingerprint density at radius 3 is 2.66 bits per heavy atom. The molecular weight excluding hydrogens is 448 g/mol. The van der Waals surface area contributed by atoms with Crippen LogP contribution in [0, 0.1) is 0 Å². The highest BCUT2D eigenvalue weighted by molar-refractivity contribution is 6.04. The van der Waals surface area contributed by atoms with Crippen LogP contribution in [0.3, 0.4) is 0 Å². The highest BCUT2D eigenvalue weighted by Crippen LogP contribution is 2.33. The Morgan fingerprint density at radius 1 is 1.11 bits per heavy atom. The zero-order valence-corrected chi connectivity index (χ0v) is 19.6. The minimum Gasteiger partial charge on any atom is -0.493 e. The number of nitrogens with zero attached hydrogens (tertiary/aromatic N) is 3. The first-order valence-corrected chi connectivity index (χ1v) is 11.2. The van der Waals surface area contributed by atoms with Gasteiger partial charge in [0, 0.05) is 18.0 Å². The molecule has 1 amide bonds. The van der Waals surface area contributed by atoms with Crippen molar-refractivity contribution in [3.63, 3.8) is 0 Å². The van der Waals surface area contributed by atoms with Gasteiger partial charge in [-0.2, -0.15) is 4.68 Å². The van der Waals surface area contributed by atoms with E-state index < -0.39 is 17.7 Å². The van der Waals surface area contributed by atoms with Gasteiger partial charge < -0.3 is 9.47 Å². The third-order valence-electron chi connectivity index (χ3n) is 5.62. The molecule has 0 spiro atoms. The Kier molecular flexibility index (Phi) is 5.39. The highest BCUT2D eigenvalue weighted by atomic mass is 16.6. The number of nitrogens with one attached hydrogen (secondary N) is 1. The Morgan fingerprint density at radius 2 is 1.89 bits per heavy atom. The van der Waals surface area contributed by atoms with Crippen molar-refractivity contribution in [3.8, 4) is 16.9 Å². The Labute approximate surface area is 201 Å². The van der Waals surface area contributed by atoms with Gasteiger partial charge in [-0.25, -0.2) is 9.59 Å². The molecule has 2 aromatic carbocycles. The number of aromatic nitrogens is 3. The number of fused-ring (bicyclic) bond motifs is 2. The first-order chi connectivity index (χ1) is 16.7. The summed E-state index contributed by atoms with van der Waals surface area (Å²) in [6, 6.07) is 14.1. The van der Waals surface area contributed by atoms with Gasteiger partial charge in [-0.05, 0) is 73.9 Å². The van der Waals surface area contributed by atoms with Crippen LogP contribution in [0.15, 0.2) is 54.7 Å². The lowest BCUT2D eigenvalue weighted by Gasteiger charge is -2.19. The Bertz CT molecular complexity index is 1470. The quantitative estimate of drug-likeness (QED) is 0.415. The monoisotopic (exact) mass is 472 g/mol. The van der Waals surface area contributed by atoms with Crippen LogP contribution in [0.2, 0.25) is 0 Å². The number of hydrogen-bond donors (Lipinski definition) is 1. The second-order valence-corrected chi connectivity index (χ2v) is 9.24. The van der Waals surface area contributed by atoms with Crippen LogP contribution in [0.4, 0.5) is 15.4 Å². The molecule has 2 aromatic heterocycles. The molecule has 3 heterocycles. The maximum absolute atomic E-state index is 13.0. The minimum atomic E-state index is -0.736. The van der Waals surface area contributed by atoms with E-state index in [9.17, 15) is 14.4 Å². The fourth-order valence-electron chi connectivity index (χ4n) is 4.03. The topological polar surface area (TPSA) is 104 Å². The Balaban J connectivity index is 1.58. The zero-order valence-electron chi connectivity index (χ0n) is 19.6. The summed E-state index contributed by atoms with van der Waals surface area (Å²) in [6.45, 7) is 5.97. The molecule has 178 valence electrons. The van der Waals surface area contributed by atoms with E-state index in [1.807, 2.05) is 24.3 Å². The van der Waals surface area contributed by atoms with Crippen molar-refractivity contribution in [2.24, 2.45) is 0 Å². The van der Waals surface area contributed by atoms with E-state index in [-0.39, 0.29) is 11.5 Å². The first-order valence-electron chi connectivity index (χ1n) is 11.2. The number of aldehydes is 1. The lowest BCUT2D eigenvalue weighted by molar-refractivity contribution is 0.0523. The van der Waals surface area contributed by atoms with Gasteiger partial charge in [0.15, 0.2) is 12.1 Å². The second-order valence-electron chi connectivity index (χ2n) is 9.24. The fraction of sp³-hybridized carbons (Fsp3) is 0.231. The predicted molar refractivity (Wildman–Crippen MR) is 130 cm³/mol. The molecule has 9 heteroatoms. The molecule has 0 fully saturated rings. The minimum absolute atomic E-state index is 0.176. The van der Waals surface area contributed by atoms with Crippen molar-refractivity contribution in [2.75, 3.05) is 11.9 Å². The van der Waals surface area contributed by atoms with Gasteiger partial charge >= 0.3 is 12.1 Å². The SMILES string of the molecule is CC(C)(C)OC(=O)n1nc(NC(=O)n2cccc2C=O)c2ccc(-c3ccc4c(c3)CCO4)cc21. The number of ether oxygens (including phenoxy) is 2. The summed E-state index contributed by atoms with van der Waals surface area (Å²) in [7, 11) is 0. The van der Waals surface area contributed by atoms with E-state index in [0.29, 0.717) is 23.8 Å². The Hall–Kier alpha value is -4.40. The maximum atomic E-state index is 13.0. The van der Waals surface area contributed by atoms with Crippen molar-refractivity contribution in [3.05, 3.63) is 66.0 Å². The first kappa shape index (κ1) is 22.4. The number of carbonyl (C=O) groups excluding carboxylic acids is 3. The molecule has 5 rings (SSSR count). The summed E-state index contributed by atoms with van der Waals surface area (Å²) in [5.74, 6) is 1.06. The van der Waals surface area contributed by atoms with E-state index in [4.69, 9.17) is 9.47 Å². The van der Waals surface area contributed by atoms with Crippen LogP contribution in [0.1, 0.15) is 36.8 Å². The normalized spacial score (nSPS) is 12.8. The molecule has 1 aliphatic heterocycles. The van der Waals surface area contributed by atoms with Crippen LogP contribution in [-0.2, 0) is 11.2 Å². The molecule has 0 saturated heterocycles. The number of rotatable bonds is 3. The van der Waals surface area contributed by atoms with Gasteiger partial charge in [-0.15, -0.1) is 5.10 Å². The molecule has 1 N–H and O–H groups in total.